The first kappa shape index (κ1) is 23.7. The van der Waals surface area contributed by atoms with Crippen LogP contribution in [0.4, 0.5) is 5.95 Å². The molecule has 0 saturated carbocycles. The van der Waals surface area contributed by atoms with E-state index < -0.39 is 6.23 Å². The molecule has 1 aromatic heterocycles. The summed E-state index contributed by atoms with van der Waals surface area (Å²) in [6.45, 7) is 5.90. The normalized spacial score (nSPS) is 16.9. The summed E-state index contributed by atoms with van der Waals surface area (Å²) >= 11 is 6.45. The molecule has 182 valence electrons. The second kappa shape index (κ2) is 9.93. The van der Waals surface area contributed by atoms with Crippen LogP contribution in [0, 0.1) is 13.8 Å². The largest absolute Gasteiger partial charge is 0.381 e. The van der Waals surface area contributed by atoms with Gasteiger partial charge < -0.3 is 20.1 Å². The van der Waals surface area contributed by atoms with E-state index in [2.05, 4.69) is 15.3 Å². The predicted molar refractivity (Wildman–Crippen MR) is 135 cm³/mol. The van der Waals surface area contributed by atoms with Crippen LogP contribution >= 0.6 is 11.6 Å². The lowest BCUT2D eigenvalue weighted by atomic mass is 10.0. The fraction of sp³-hybridized carbons (Fsp3) is 0.370. The van der Waals surface area contributed by atoms with Gasteiger partial charge in [0.15, 0.2) is 0 Å². The van der Waals surface area contributed by atoms with Crippen LogP contribution < -0.4 is 5.32 Å². The van der Waals surface area contributed by atoms with Gasteiger partial charge in [0.05, 0.1) is 16.9 Å². The number of aromatic nitrogens is 2. The number of nitrogens with zero attached hydrogens (tertiary/aromatic N) is 3. The lowest BCUT2D eigenvalue weighted by Gasteiger charge is -2.24. The third-order valence-corrected chi connectivity index (χ3v) is 7.27. The molecular weight excluding hydrogens is 464 g/mol. The highest BCUT2D eigenvalue weighted by atomic mass is 35.5. The van der Waals surface area contributed by atoms with Crippen LogP contribution in [0.3, 0.4) is 0 Å². The number of carbonyl (C=O) groups is 1. The van der Waals surface area contributed by atoms with Gasteiger partial charge >= 0.3 is 0 Å². The van der Waals surface area contributed by atoms with Crippen LogP contribution in [-0.2, 0) is 17.7 Å². The Labute approximate surface area is 210 Å². The second-order valence-corrected chi connectivity index (χ2v) is 9.68. The van der Waals surface area contributed by atoms with Crippen molar-refractivity contribution in [2.45, 2.75) is 51.9 Å². The average Bonchev–Trinajstić information content (AvgIpc) is 3.20. The molecular formula is C27H29ClN4O3. The Morgan fingerprint density at radius 1 is 1.23 bits per heavy atom. The Morgan fingerprint density at radius 2 is 2.03 bits per heavy atom. The van der Waals surface area contributed by atoms with Crippen LogP contribution in [0.25, 0.3) is 11.3 Å². The van der Waals surface area contributed by atoms with Crippen molar-refractivity contribution in [3.8, 4) is 11.3 Å². The Balaban J connectivity index is 1.35. The number of anilines is 1. The maximum atomic E-state index is 13.3. The molecule has 3 heterocycles. The minimum absolute atomic E-state index is 0.189. The van der Waals surface area contributed by atoms with Crippen LogP contribution in [-0.4, -0.2) is 51.4 Å². The first-order valence-electron chi connectivity index (χ1n) is 11.9. The van der Waals surface area contributed by atoms with Crippen molar-refractivity contribution < 1.29 is 14.6 Å². The van der Waals surface area contributed by atoms with Crippen LogP contribution in [0.1, 0.15) is 45.5 Å². The molecule has 2 aliphatic rings. The number of nitrogens with one attached hydrogen (secondary N) is 1. The zero-order chi connectivity index (χ0) is 24.5. The van der Waals surface area contributed by atoms with Gasteiger partial charge in [-0.15, -0.1) is 0 Å². The van der Waals surface area contributed by atoms with E-state index in [1.807, 2.05) is 50.2 Å². The van der Waals surface area contributed by atoms with Gasteiger partial charge in [0.25, 0.3) is 5.91 Å². The van der Waals surface area contributed by atoms with Crippen molar-refractivity contribution in [2.75, 3.05) is 18.5 Å². The Bertz CT molecular complexity index is 1260. The molecule has 2 aliphatic heterocycles. The summed E-state index contributed by atoms with van der Waals surface area (Å²) in [5.74, 6) is 0.319. The summed E-state index contributed by atoms with van der Waals surface area (Å²) in [7, 11) is 0. The molecule has 0 radical (unpaired) electrons. The van der Waals surface area contributed by atoms with E-state index in [0.717, 1.165) is 48.3 Å². The highest BCUT2D eigenvalue weighted by Gasteiger charge is 2.32. The van der Waals surface area contributed by atoms with Crippen molar-refractivity contribution in [1.82, 2.24) is 14.9 Å². The molecule has 35 heavy (non-hydrogen) atoms. The standard InChI is InChI=1S/C27H29ClN4O3/c1-16-4-3-5-18(17(16)2)13-24(33)32-15-20-7-6-19(12-22(20)26(32)34)25-23(28)14-29-27(31-25)30-21-8-10-35-11-9-21/h3-7,12,14,21,24,33H,8-11,13,15H2,1-2H3,(H,29,30,31). The number of rotatable bonds is 6. The SMILES string of the molecule is Cc1cccc(CC(O)N2Cc3ccc(-c4nc(NC5CCOCC5)ncc4Cl)cc3C2=O)c1C. The minimum atomic E-state index is -0.906. The molecule has 0 bridgehead atoms. The van der Waals surface area contributed by atoms with Crippen molar-refractivity contribution in [1.29, 1.82) is 0 Å². The molecule has 5 rings (SSSR count). The van der Waals surface area contributed by atoms with Crippen molar-refractivity contribution in [2.24, 2.45) is 0 Å². The van der Waals surface area contributed by atoms with Crippen molar-refractivity contribution >= 4 is 23.5 Å². The number of halogens is 1. The number of benzene rings is 2. The Hall–Kier alpha value is -3.00. The second-order valence-electron chi connectivity index (χ2n) is 9.27. The molecule has 1 atom stereocenters. The quantitative estimate of drug-likeness (QED) is 0.526. The van der Waals surface area contributed by atoms with Gasteiger partial charge in [-0.1, -0.05) is 41.9 Å². The van der Waals surface area contributed by atoms with Crippen molar-refractivity contribution in [3.63, 3.8) is 0 Å². The lowest BCUT2D eigenvalue weighted by molar-refractivity contribution is 0.00946. The number of carbonyl (C=O) groups excluding carboxylic acids is 1. The van der Waals surface area contributed by atoms with E-state index in [-0.39, 0.29) is 11.9 Å². The summed E-state index contributed by atoms with van der Waals surface area (Å²) in [5, 5.41) is 14.7. The molecule has 8 heteroatoms. The molecule has 7 nitrogen and oxygen atoms in total. The zero-order valence-electron chi connectivity index (χ0n) is 19.9. The van der Waals surface area contributed by atoms with E-state index in [1.165, 1.54) is 10.5 Å². The number of fused-ring (bicyclic) bond motifs is 1. The number of hydrogen-bond donors (Lipinski definition) is 2. The number of aryl methyl sites for hydroxylation is 1. The first-order valence-corrected chi connectivity index (χ1v) is 12.3. The number of amides is 1. The monoisotopic (exact) mass is 492 g/mol. The molecule has 0 aliphatic carbocycles. The molecule has 3 aromatic rings. The van der Waals surface area contributed by atoms with Gasteiger partial charge in [0, 0.05) is 43.3 Å². The predicted octanol–water partition coefficient (Wildman–Crippen LogP) is 4.52. The highest BCUT2D eigenvalue weighted by molar-refractivity contribution is 6.33. The Kier molecular flexibility index (Phi) is 6.73. The van der Waals surface area contributed by atoms with E-state index in [4.69, 9.17) is 16.3 Å². The van der Waals surface area contributed by atoms with E-state index in [0.29, 0.717) is 35.2 Å². The topological polar surface area (TPSA) is 87.6 Å². The molecule has 2 aromatic carbocycles. The first-order chi connectivity index (χ1) is 16.9. The Morgan fingerprint density at radius 3 is 2.83 bits per heavy atom. The fourth-order valence-corrected chi connectivity index (χ4v) is 4.92. The van der Waals surface area contributed by atoms with Crippen LogP contribution in [0.15, 0.2) is 42.6 Å². The lowest BCUT2D eigenvalue weighted by Crippen LogP contribution is -2.37. The van der Waals surface area contributed by atoms with E-state index >= 15 is 0 Å². The van der Waals surface area contributed by atoms with Gasteiger partial charge in [0.2, 0.25) is 5.95 Å². The molecule has 1 fully saturated rings. The smallest absolute Gasteiger partial charge is 0.256 e. The summed E-state index contributed by atoms with van der Waals surface area (Å²) in [6.07, 6.45) is 2.86. The van der Waals surface area contributed by atoms with E-state index in [1.54, 1.807) is 6.20 Å². The number of aliphatic hydroxyl groups excluding tert-OH is 1. The maximum Gasteiger partial charge on any atom is 0.256 e. The van der Waals surface area contributed by atoms with Crippen LogP contribution in [0.5, 0.6) is 0 Å². The summed E-state index contributed by atoms with van der Waals surface area (Å²) in [4.78, 5) is 23.8. The highest BCUT2D eigenvalue weighted by Crippen LogP contribution is 2.32. The molecule has 0 spiro atoms. The summed E-state index contributed by atoms with van der Waals surface area (Å²) in [6, 6.07) is 11.9. The van der Waals surface area contributed by atoms with Gasteiger partial charge in [0.1, 0.15) is 6.23 Å². The third-order valence-electron chi connectivity index (χ3n) is 6.99. The number of aliphatic hydroxyl groups is 1. The summed E-state index contributed by atoms with van der Waals surface area (Å²) < 4.78 is 5.42. The van der Waals surface area contributed by atoms with Crippen LogP contribution in [0.2, 0.25) is 5.02 Å². The molecule has 1 unspecified atom stereocenters. The van der Waals surface area contributed by atoms with E-state index in [9.17, 15) is 9.90 Å². The number of ether oxygens (including phenoxy) is 1. The van der Waals surface area contributed by atoms with Gasteiger partial charge in [-0.25, -0.2) is 9.97 Å². The van der Waals surface area contributed by atoms with Crippen molar-refractivity contribution in [3.05, 3.63) is 75.4 Å². The zero-order valence-corrected chi connectivity index (χ0v) is 20.7. The minimum Gasteiger partial charge on any atom is -0.381 e. The van der Waals surface area contributed by atoms with Gasteiger partial charge in [-0.05, 0) is 55.0 Å². The summed E-state index contributed by atoms with van der Waals surface area (Å²) in [5.41, 5.74) is 6.11. The molecule has 1 saturated heterocycles. The molecule has 1 amide bonds. The average molecular weight is 493 g/mol. The molecule has 2 N–H and O–H groups in total. The van der Waals surface area contributed by atoms with Gasteiger partial charge in [-0.3, -0.25) is 4.79 Å². The maximum absolute atomic E-state index is 13.3. The number of hydrogen-bond acceptors (Lipinski definition) is 6. The third kappa shape index (κ3) is 4.89. The van der Waals surface area contributed by atoms with Gasteiger partial charge in [-0.2, -0.15) is 0 Å². The fourth-order valence-electron chi connectivity index (χ4n) is 4.71.